The molecule has 0 radical (unpaired) electrons. The van der Waals surface area contributed by atoms with Gasteiger partial charge in [-0.05, 0) is 18.6 Å². The predicted molar refractivity (Wildman–Crippen MR) is 118 cm³/mol. The first-order valence-electron chi connectivity index (χ1n) is 9.57. The first-order valence-corrected chi connectivity index (χ1v) is 11.0. The van der Waals surface area contributed by atoms with Crippen LogP contribution >= 0.6 is 24.0 Å². The zero-order valence-corrected chi connectivity index (χ0v) is 18.3. The van der Waals surface area contributed by atoms with Gasteiger partial charge in [-0.2, -0.15) is 0 Å². The summed E-state index contributed by atoms with van der Waals surface area (Å²) in [5, 5.41) is 7.71. The lowest BCUT2D eigenvalue weighted by Crippen LogP contribution is -2.43. The van der Waals surface area contributed by atoms with Gasteiger partial charge in [0.2, 0.25) is 0 Å². The van der Waals surface area contributed by atoms with Crippen molar-refractivity contribution in [3.63, 3.8) is 0 Å². The number of hydrogen-bond acceptors (Lipinski definition) is 7. The van der Waals surface area contributed by atoms with Crippen molar-refractivity contribution in [2.75, 3.05) is 51.7 Å². The number of aromatic nitrogens is 4. The summed E-state index contributed by atoms with van der Waals surface area (Å²) >= 11 is 6.81. The molecule has 0 spiro atoms. The van der Waals surface area contributed by atoms with Crippen molar-refractivity contribution in [1.29, 1.82) is 0 Å². The maximum atomic E-state index is 12.2. The number of nitrogens with zero attached hydrogens (tertiary/aromatic N) is 4. The van der Waals surface area contributed by atoms with E-state index in [1.165, 1.54) is 23.4 Å². The van der Waals surface area contributed by atoms with Gasteiger partial charge in [0.1, 0.15) is 0 Å². The largest absolute Gasteiger partial charge is 0.379 e. The van der Waals surface area contributed by atoms with Crippen LogP contribution in [0.2, 0.25) is 0 Å². The minimum absolute atomic E-state index is 0.348. The van der Waals surface area contributed by atoms with Crippen LogP contribution in [0.15, 0.2) is 14.7 Å². The predicted octanol–water partition coefficient (Wildman–Crippen LogP) is -0.761. The highest BCUT2D eigenvalue weighted by atomic mass is 32.2. The molecular formula is C17H27N7O3S2. The lowest BCUT2D eigenvalue weighted by molar-refractivity contribution is 0.0389. The fourth-order valence-electron chi connectivity index (χ4n) is 3.03. The van der Waals surface area contributed by atoms with Gasteiger partial charge < -0.3 is 20.4 Å². The van der Waals surface area contributed by atoms with Crippen molar-refractivity contribution in [2.24, 2.45) is 14.1 Å². The van der Waals surface area contributed by atoms with E-state index in [-0.39, 0.29) is 11.2 Å². The van der Waals surface area contributed by atoms with E-state index < -0.39 is 0 Å². The molecule has 10 nitrogen and oxygen atoms in total. The lowest BCUT2D eigenvalue weighted by Gasteiger charge is -2.26. The molecule has 3 N–H and O–H groups in total. The Bertz CT molecular complexity index is 962. The van der Waals surface area contributed by atoms with Crippen LogP contribution in [-0.2, 0) is 18.8 Å². The van der Waals surface area contributed by atoms with Crippen LogP contribution in [0.4, 0.5) is 0 Å². The van der Waals surface area contributed by atoms with Crippen LogP contribution in [-0.4, -0.2) is 80.8 Å². The molecule has 3 heterocycles. The number of nitrogens with one attached hydrogen (secondary N) is 3. The number of hydrogen-bond donors (Lipinski definition) is 3. The number of H-pyrrole nitrogens is 1. The summed E-state index contributed by atoms with van der Waals surface area (Å²) in [7, 11) is 3.07. The second kappa shape index (κ2) is 10.2. The van der Waals surface area contributed by atoms with Crippen LogP contribution in [0, 0.1) is 0 Å². The van der Waals surface area contributed by atoms with E-state index in [9.17, 15) is 9.59 Å². The molecule has 12 heteroatoms. The monoisotopic (exact) mass is 441 g/mol. The Morgan fingerprint density at radius 2 is 1.93 bits per heavy atom. The van der Waals surface area contributed by atoms with Gasteiger partial charge in [-0.3, -0.25) is 18.8 Å². The summed E-state index contributed by atoms with van der Waals surface area (Å²) in [6.07, 6.45) is 0.879. The van der Waals surface area contributed by atoms with Crippen molar-refractivity contribution in [3.05, 3.63) is 20.8 Å². The number of ether oxygens (including phenoxy) is 1. The van der Waals surface area contributed by atoms with Crippen LogP contribution in [0.5, 0.6) is 0 Å². The van der Waals surface area contributed by atoms with Gasteiger partial charge in [0.25, 0.3) is 5.56 Å². The molecule has 0 aromatic carbocycles. The SMILES string of the molecule is Cn1c(=O)c2[nH]c(SCCCNC(=S)NCCN3CCOCC3)nc2n(C)c1=O. The summed E-state index contributed by atoms with van der Waals surface area (Å²) in [6, 6.07) is 0. The van der Waals surface area contributed by atoms with Crippen LogP contribution in [0.25, 0.3) is 11.2 Å². The summed E-state index contributed by atoms with van der Waals surface area (Å²) in [5.41, 5.74) is -0.0211. The fraction of sp³-hybridized carbons (Fsp3) is 0.647. The van der Waals surface area contributed by atoms with Gasteiger partial charge in [0.05, 0.1) is 13.2 Å². The zero-order chi connectivity index (χ0) is 20.8. The van der Waals surface area contributed by atoms with Crippen molar-refractivity contribution >= 4 is 40.3 Å². The maximum Gasteiger partial charge on any atom is 0.332 e. The topological polar surface area (TPSA) is 109 Å². The third-order valence-corrected chi connectivity index (χ3v) is 5.98. The number of aryl methyl sites for hydroxylation is 1. The molecule has 2 aromatic rings. The molecule has 29 heavy (non-hydrogen) atoms. The van der Waals surface area contributed by atoms with E-state index in [1.807, 2.05) is 0 Å². The number of rotatable bonds is 8. The minimum atomic E-state index is -0.385. The molecule has 1 aliphatic heterocycles. The normalized spacial score (nSPS) is 15.0. The van der Waals surface area contributed by atoms with E-state index in [1.54, 1.807) is 7.05 Å². The quantitative estimate of drug-likeness (QED) is 0.277. The lowest BCUT2D eigenvalue weighted by atomic mass is 10.4. The molecule has 0 amide bonds. The molecule has 0 bridgehead atoms. The van der Waals surface area contributed by atoms with Gasteiger partial charge in [0, 0.05) is 52.6 Å². The number of fused-ring (bicyclic) bond motifs is 1. The smallest absolute Gasteiger partial charge is 0.332 e. The molecule has 0 unspecified atom stereocenters. The Balaban J connectivity index is 1.37. The fourth-order valence-corrected chi connectivity index (χ4v) is 4.04. The number of thiocarbonyl (C=S) groups is 1. The van der Waals surface area contributed by atoms with Crippen molar-refractivity contribution in [2.45, 2.75) is 11.6 Å². The summed E-state index contributed by atoms with van der Waals surface area (Å²) in [4.78, 5) is 33.9. The summed E-state index contributed by atoms with van der Waals surface area (Å²) < 4.78 is 7.78. The third-order valence-electron chi connectivity index (χ3n) is 4.74. The van der Waals surface area contributed by atoms with Crippen LogP contribution in [0.3, 0.4) is 0 Å². The van der Waals surface area contributed by atoms with Gasteiger partial charge in [-0.15, -0.1) is 0 Å². The Labute approximate surface area is 178 Å². The number of aromatic amines is 1. The van der Waals surface area contributed by atoms with E-state index in [0.29, 0.717) is 21.4 Å². The molecule has 1 aliphatic rings. The van der Waals surface area contributed by atoms with E-state index in [2.05, 4.69) is 25.5 Å². The number of morpholine rings is 1. The van der Waals surface area contributed by atoms with Gasteiger partial charge in [-0.1, -0.05) is 11.8 Å². The third kappa shape index (κ3) is 5.59. The zero-order valence-electron chi connectivity index (χ0n) is 16.7. The van der Waals surface area contributed by atoms with E-state index in [0.717, 1.165) is 62.7 Å². The number of thioether (sulfide) groups is 1. The van der Waals surface area contributed by atoms with Gasteiger partial charge >= 0.3 is 5.69 Å². The first kappa shape index (κ1) is 21.8. The van der Waals surface area contributed by atoms with Gasteiger partial charge in [-0.25, -0.2) is 9.78 Å². The molecule has 3 rings (SSSR count). The highest BCUT2D eigenvalue weighted by Gasteiger charge is 2.13. The first-order chi connectivity index (χ1) is 14.0. The summed E-state index contributed by atoms with van der Waals surface area (Å²) in [6.45, 7) is 6.06. The molecular weight excluding hydrogens is 414 g/mol. The molecule has 0 atom stereocenters. The Kier molecular flexibility index (Phi) is 7.70. The average Bonchev–Trinajstić information content (AvgIpc) is 3.16. The molecule has 1 saturated heterocycles. The van der Waals surface area contributed by atoms with Crippen molar-refractivity contribution in [3.8, 4) is 0 Å². The Morgan fingerprint density at radius 3 is 2.69 bits per heavy atom. The van der Waals surface area contributed by atoms with Crippen molar-refractivity contribution < 1.29 is 4.74 Å². The molecule has 160 valence electrons. The maximum absolute atomic E-state index is 12.2. The summed E-state index contributed by atoms with van der Waals surface area (Å²) in [5.74, 6) is 0.803. The minimum Gasteiger partial charge on any atom is -0.379 e. The van der Waals surface area contributed by atoms with Crippen LogP contribution in [0.1, 0.15) is 6.42 Å². The highest BCUT2D eigenvalue weighted by Crippen LogP contribution is 2.17. The molecule has 1 fully saturated rings. The Morgan fingerprint density at radius 1 is 1.21 bits per heavy atom. The Hall–Kier alpha value is -1.89. The molecule has 2 aromatic heterocycles. The van der Waals surface area contributed by atoms with Gasteiger partial charge in [0.15, 0.2) is 21.4 Å². The average molecular weight is 442 g/mol. The van der Waals surface area contributed by atoms with E-state index >= 15 is 0 Å². The standard InChI is InChI=1S/C17H27N7O3S2/c1-22-13-12(14(25)23(2)17(22)26)20-16(21-13)29-11-3-4-18-15(28)19-5-6-24-7-9-27-10-8-24/h3-11H2,1-2H3,(H,20,21)(H2,18,19,28). The molecule has 0 aliphatic carbocycles. The second-order valence-electron chi connectivity index (χ2n) is 6.79. The van der Waals surface area contributed by atoms with E-state index in [4.69, 9.17) is 17.0 Å². The highest BCUT2D eigenvalue weighted by molar-refractivity contribution is 7.99. The molecule has 0 saturated carbocycles. The second-order valence-corrected chi connectivity index (χ2v) is 8.28. The van der Waals surface area contributed by atoms with Crippen molar-refractivity contribution in [1.82, 2.24) is 34.6 Å². The number of imidazole rings is 1. The van der Waals surface area contributed by atoms with Crippen LogP contribution < -0.4 is 21.9 Å².